The summed E-state index contributed by atoms with van der Waals surface area (Å²) in [6.07, 6.45) is 0.0132. The molecule has 4 heterocycles. The molecule has 0 aliphatic carbocycles. The Hall–Kier alpha value is -3.53. The molecule has 0 radical (unpaired) electrons. The first kappa shape index (κ1) is 24.1. The van der Waals surface area contributed by atoms with Crippen LogP contribution in [0.3, 0.4) is 0 Å². The van der Waals surface area contributed by atoms with Crippen molar-refractivity contribution in [1.29, 1.82) is 0 Å². The molecule has 178 valence electrons. The number of anilines is 2. The van der Waals surface area contributed by atoms with Crippen LogP contribution in [-0.4, -0.2) is 54.7 Å². The van der Waals surface area contributed by atoms with E-state index in [2.05, 4.69) is 9.97 Å². The number of ether oxygens (including phenoxy) is 2. The van der Waals surface area contributed by atoms with Crippen LogP contribution < -0.4 is 22.8 Å². The summed E-state index contributed by atoms with van der Waals surface area (Å²) < 4.78 is 51.3. The number of hydrogen-bond acceptors (Lipinski definition) is 10. The van der Waals surface area contributed by atoms with E-state index in [1.807, 2.05) is 0 Å². The molecule has 0 amide bonds. The third kappa shape index (κ3) is 5.28. The number of aromatic nitrogens is 4. The normalized spacial score (nSPS) is 24.2. The van der Waals surface area contributed by atoms with Gasteiger partial charge in [0.1, 0.15) is 29.7 Å². The van der Waals surface area contributed by atoms with Gasteiger partial charge in [-0.2, -0.15) is 9.97 Å². The zero-order chi connectivity index (χ0) is 24.3. The molecule has 15 heteroatoms. The van der Waals surface area contributed by atoms with Crippen LogP contribution in [0.25, 0.3) is 0 Å². The molecule has 0 bridgehead atoms. The maximum absolute atomic E-state index is 13.2. The van der Waals surface area contributed by atoms with E-state index < -0.39 is 72.5 Å². The minimum Gasteiger partial charge on any atom is -0.393 e. The van der Waals surface area contributed by atoms with Crippen LogP contribution in [0, 0.1) is 5.82 Å². The van der Waals surface area contributed by atoms with E-state index in [0.29, 0.717) is 0 Å². The van der Waals surface area contributed by atoms with Gasteiger partial charge in [0.15, 0.2) is 24.1 Å². The molecule has 0 aromatic carbocycles. The van der Waals surface area contributed by atoms with Gasteiger partial charge in [-0.05, 0) is 18.2 Å². The van der Waals surface area contributed by atoms with Crippen LogP contribution in [-0.2, 0) is 9.47 Å². The standard InChI is InChI=1S/C9H9F2N3O3.C9H10FN3O3/c10-4-1-7(17-6(4)3-15)14-2-5(11)8(12)13-9(14)16;10-5-3-8(16-6(5)4-14)13-2-1-7(11)12-9(13)15/h1-2,6-7,15H,3H2,(H2,12,13,16);1-3,6,8,14H,4H2,(H2,11,12,15)/t6-,7-;6-,8-/m00/s1. The lowest BCUT2D eigenvalue weighted by Gasteiger charge is -2.14. The molecule has 4 atom stereocenters. The number of nitrogens with zero attached hydrogens (tertiary/aromatic N) is 4. The van der Waals surface area contributed by atoms with Gasteiger partial charge in [-0.3, -0.25) is 9.13 Å². The highest BCUT2D eigenvalue weighted by molar-refractivity contribution is 5.27. The molecule has 4 rings (SSSR count). The predicted octanol–water partition coefficient (Wildman–Crippen LogP) is -0.724. The molecular weight excluding hydrogens is 453 g/mol. The highest BCUT2D eigenvalue weighted by Gasteiger charge is 2.30. The van der Waals surface area contributed by atoms with Crippen LogP contribution in [0.1, 0.15) is 12.5 Å². The van der Waals surface area contributed by atoms with Crippen molar-refractivity contribution in [3.8, 4) is 0 Å². The number of nitrogen functional groups attached to an aromatic ring is 2. The lowest BCUT2D eigenvalue weighted by Crippen LogP contribution is -2.29. The zero-order valence-electron chi connectivity index (χ0n) is 16.7. The van der Waals surface area contributed by atoms with Gasteiger partial charge in [0, 0.05) is 6.20 Å². The molecule has 12 nitrogen and oxygen atoms in total. The molecule has 0 unspecified atom stereocenters. The number of halogens is 3. The maximum Gasteiger partial charge on any atom is 0.352 e. The van der Waals surface area contributed by atoms with Crippen LogP contribution in [0.15, 0.2) is 51.9 Å². The van der Waals surface area contributed by atoms with Crippen molar-refractivity contribution >= 4 is 11.6 Å². The average molecular weight is 472 g/mol. The van der Waals surface area contributed by atoms with E-state index in [4.69, 9.17) is 31.2 Å². The van der Waals surface area contributed by atoms with Gasteiger partial charge in [-0.1, -0.05) is 0 Å². The lowest BCUT2D eigenvalue weighted by atomic mass is 10.3. The van der Waals surface area contributed by atoms with Crippen molar-refractivity contribution < 1.29 is 32.9 Å². The average Bonchev–Trinajstić information content (AvgIpc) is 3.32. The van der Waals surface area contributed by atoms with Crippen molar-refractivity contribution in [2.75, 3.05) is 24.7 Å². The summed E-state index contributed by atoms with van der Waals surface area (Å²) >= 11 is 0. The van der Waals surface area contributed by atoms with Crippen LogP contribution >= 0.6 is 0 Å². The summed E-state index contributed by atoms with van der Waals surface area (Å²) in [5.41, 5.74) is 8.92. The Labute approximate surface area is 182 Å². The van der Waals surface area contributed by atoms with Crippen LogP contribution in [0.4, 0.5) is 24.8 Å². The van der Waals surface area contributed by atoms with E-state index in [1.54, 1.807) is 0 Å². The monoisotopic (exact) mass is 472 g/mol. The lowest BCUT2D eigenvalue weighted by molar-refractivity contribution is -0.0202. The molecule has 0 saturated carbocycles. The largest absolute Gasteiger partial charge is 0.393 e. The zero-order valence-corrected chi connectivity index (χ0v) is 16.7. The van der Waals surface area contributed by atoms with Crippen molar-refractivity contribution in [2.45, 2.75) is 24.7 Å². The SMILES string of the molecule is Nc1ccn([C@@H]2C=C(F)[C@H](CO)O2)c(=O)n1.Nc1nc(=O)n([C@@H]2C=C(F)[C@H](CO)O2)cc1F. The first-order valence-corrected chi connectivity index (χ1v) is 9.30. The molecule has 2 aromatic heterocycles. The molecular formula is C18H19F3N6O6. The van der Waals surface area contributed by atoms with E-state index in [1.165, 1.54) is 12.3 Å². The molecule has 2 aliphatic heterocycles. The number of nitrogens with two attached hydrogens (primary N) is 2. The third-order valence-corrected chi connectivity index (χ3v) is 4.49. The van der Waals surface area contributed by atoms with Gasteiger partial charge < -0.3 is 31.2 Å². The van der Waals surface area contributed by atoms with Crippen LogP contribution in [0.2, 0.25) is 0 Å². The molecule has 2 aliphatic rings. The van der Waals surface area contributed by atoms with Crippen LogP contribution in [0.5, 0.6) is 0 Å². The molecule has 0 spiro atoms. The number of rotatable bonds is 4. The van der Waals surface area contributed by atoms with E-state index in [0.717, 1.165) is 27.5 Å². The summed E-state index contributed by atoms with van der Waals surface area (Å²) in [4.78, 5) is 29.5. The second-order valence-electron chi connectivity index (χ2n) is 6.71. The van der Waals surface area contributed by atoms with E-state index in [-0.39, 0.29) is 5.82 Å². The predicted molar refractivity (Wildman–Crippen MR) is 106 cm³/mol. The fraction of sp³-hybridized carbons (Fsp3) is 0.333. The van der Waals surface area contributed by atoms with Gasteiger partial charge >= 0.3 is 11.4 Å². The summed E-state index contributed by atoms with van der Waals surface area (Å²) in [6.45, 7) is -1.05. The van der Waals surface area contributed by atoms with Crippen molar-refractivity contribution in [3.63, 3.8) is 0 Å². The highest BCUT2D eigenvalue weighted by atomic mass is 19.1. The summed E-state index contributed by atoms with van der Waals surface area (Å²) in [7, 11) is 0. The molecule has 0 saturated heterocycles. The van der Waals surface area contributed by atoms with Crippen molar-refractivity contribution in [3.05, 3.63) is 69.1 Å². The Kier molecular flexibility index (Phi) is 7.27. The first-order valence-electron chi connectivity index (χ1n) is 9.30. The summed E-state index contributed by atoms with van der Waals surface area (Å²) in [6, 6.07) is 1.41. The van der Waals surface area contributed by atoms with Gasteiger partial charge in [0.05, 0.1) is 19.4 Å². The Morgan fingerprint density at radius 3 is 1.91 bits per heavy atom. The van der Waals surface area contributed by atoms with E-state index >= 15 is 0 Å². The van der Waals surface area contributed by atoms with Gasteiger partial charge in [-0.15, -0.1) is 0 Å². The molecule has 33 heavy (non-hydrogen) atoms. The Morgan fingerprint density at radius 2 is 1.42 bits per heavy atom. The molecule has 0 fully saturated rings. The maximum atomic E-state index is 13.2. The Balaban J connectivity index is 0.000000186. The second kappa shape index (κ2) is 9.95. The van der Waals surface area contributed by atoms with Gasteiger partial charge in [0.25, 0.3) is 0 Å². The molecule has 6 N–H and O–H groups in total. The molecule has 2 aromatic rings. The Bertz CT molecular complexity index is 1200. The quantitative estimate of drug-likeness (QED) is 0.443. The smallest absolute Gasteiger partial charge is 0.352 e. The minimum absolute atomic E-state index is 0.0856. The van der Waals surface area contributed by atoms with Crippen molar-refractivity contribution in [1.82, 2.24) is 19.1 Å². The number of aliphatic hydroxyl groups excluding tert-OH is 2. The summed E-state index contributed by atoms with van der Waals surface area (Å²) in [5, 5.41) is 17.6. The fourth-order valence-corrected chi connectivity index (χ4v) is 2.84. The van der Waals surface area contributed by atoms with Gasteiger partial charge in [0.2, 0.25) is 0 Å². The minimum atomic E-state index is -1.15. The van der Waals surface area contributed by atoms with Crippen molar-refractivity contribution in [2.24, 2.45) is 0 Å². The summed E-state index contributed by atoms with van der Waals surface area (Å²) in [5.74, 6) is -2.68. The second-order valence-corrected chi connectivity index (χ2v) is 6.71. The Morgan fingerprint density at radius 1 is 0.909 bits per heavy atom. The number of aliphatic hydroxyl groups is 2. The fourth-order valence-electron chi connectivity index (χ4n) is 2.84. The third-order valence-electron chi connectivity index (χ3n) is 4.49. The highest BCUT2D eigenvalue weighted by Crippen LogP contribution is 2.27. The first-order chi connectivity index (χ1) is 15.6. The van der Waals surface area contributed by atoms with E-state index in [9.17, 15) is 22.8 Å². The topological polar surface area (TPSA) is 181 Å². The number of hydrogen-bond donors (Lipinski definition) is 4. The van der Waals surface area contributed by atoms with Gasteiger partial charge in [-0.25, -0.2) is 22.8 Å².